The first-order valence-electron chi connectivity index (χ1n) is 7.77. The van der Waals surface area contributed by atoms with Gasteiger partial charge in [-0.1, -0.05) is 0 Å². The second kappa shape index (κ2) is 9.00. The van der Waals surface area contributed by atoms with Crippen molar-refractivity contribution in [3.05, 3.63) is 17.7 Å². The number of benzene rings is 1. The Morgan fingerprint density at radius 3 is 2.04 bits per heavy atom. The van der Waals surface area contributed by atoms with Crippen LogP contribution in [-0.4, -0.2) is 52.0 Å². The van der Waals surface area contributed by atoms with Crippen LogP contribution in [-0.2, 0) is 4.74 Å². The Kier molecular flexibility index (Phi) is 7.35. The molecule has 0 bridgehead atoms. The fourth-order valence-electron chi connectivity index (χ4n) is 2.03. The third kappa shape index (κ3) is 6.06. The van der Waals surface area contributed by atoms with Crippen molar-refractivity contribution >= 4 is 12.0 Å². The highest BCUT2D eigenvalue weighted by atomic mass is 16.6. The van der Waals surface area contributed by atoms with Crippen LogP contribution in [0.5, 0.6) is 17.2 Å². The Bertz CT molecular complexity index is 610. The van der Waals surface area contributed by atoms with Crippen molar-refractivity contribution in [2.75, 3.05) is 34.4 Å². The molecule has 0 radical (unpaired) electrons. The van der Waals surface area contributed by atoms with Crippen LogP contribution in [0.4, 0.5) is 4.79 Å². The molecule has 0 saturated heterocycles. The van der Waals surface area contributed by atoms with Crippen molar-refractivity contribution < 1.29 is 28.5 Å². The van der Waals surface area contributed by atoms with Gasteiger partial charge in [0.05, 0.1) is 26.9 Å². The monoisotopic (exact) mass is 354 g/mol. The number of amides is 2. The standard InChI is InChI=1S/C17H26N2O6/c1-17(2,3)25-16(21)19-10-9-18-15(20)11-7-8-12(22-4)14(24-6)13(11)23-5/h7-8H,9-10H2,1-6H3,(H,18,20)(H,19,21). The topological polar surface area (TPSA) is 95.1 Å². The number of ether oxygens (including phenoxy) is 4. The molecule has 0 heterocycles. The fourth-order valence-corrected chi connectivity index (χ4v) is 2.03. The molecule has 8 nitrogen and oxygen atoms in total. The molecule has 0 aliphatic heterocycles. The van der Waals surface area contributed by atoms with Crippen LogP contribution in [0.2, 0.25) is 0 Å². The molecule has 1 rings (SSSR count). The predicted octanol–water partition coefficient (Wildman–Crippen LogP) is 1.97. The van der Waals surface area contributed by atoms with E-state index in [0.29, 0.717) is 17.1 Å². The number of hydrogen-bond donors (Lipinski definition) is 2. The maximum Gasteiger partial charge on any atom is 0.407 e. The van der Waals surface area contributed by atoms with Crippen molar-refractivity contribution in [2.45, 2.75) is 26.4 Å². The van der Waals surface area contributed by atoms with Gasteiger partial charge in [0.15, 0.2) is 11.5 Å². The van der Waals surface area contributed by atoms with E-state index in [-0.39, 0.29) is 24.7 Å². The zero-order chi connectivity index (χ0) is 19.0. The summed E-state index contributed by atoms with van der Waals surface area (Å²) in [4.78, 5) is 23.9. The third-order valence-electron chi connectivity index (χ3n) is 3.03. The molecule has 0 aromatic heterocycles. The highest BCUT2D eigenvalue weighted by Gasteiger charge is 2.20. The van der Waals surface area contributed by atoms with Crippen LogP contribution < -0.4 is 24.8 Å². The molecule has 0 spiro atoms. The van der Waals surface area contributed by atoms with E-state index in [2.05, 4.69) is 10.6 Å². The molecule has 2 amide bonds. The summed E-state index contributed by atoms with van der Waals surface area (Å²) >= 11 is 0. The highest BCUT2D eigenvalue weighted by Crippen LogP contribution is 2.39. The summed E-state index contributed by atoms with van der Waals surface area (Å²) in [6.45, 7) is 5.79. The lowest BCUT2D eigenvalue weighted by molar-refractivity contribution is 0.0526. The van der Waals surface area contributed by atoms with Crippen molar-refractivity contribution in [3.8, 4) is 17.2 Å². The number of carbonyl (C=O) groups excluding carboxylic acids is 2. The van der Waals surface area contributed by atoms with Crippen molar-refractivity contribution in [1.29, 1.82) is 0 Å². The van der Waals surface area contributed by atoms with Crippen LogP contribution in [0.25, 0.3) is 0 Å². The molecule has 0 aliphatic carbocycles. The minimum absolute atomic E-state index is 0.232. The Labute approximate surface area is 147 Å². The number of methoxy groups -OCH3 is 3. The van der Waals surface area contributed by atoms with E-state index in [9.17, 15) is 9.59 Å². The van der Waals surface area contributed by atoms with Crippen LogP contribution in [0.1, 0.15) is 31.1 Å². The zero-order valence-electron chi connectivity index (χ0n) is 15.5. The number of hydrogen-bond acceptors (Lipinski definition) is 6. The number of carbonyl (C=O) groups is 2. The second-order valence-electron chi connectivity index (χ2n) is 6.07. The van der Waals surface area contributed by atoms with E-state index >= 15 is 0 Å². The summed E-state index contributed by atoms with van der Waals surface area (Å²) in [6, 6.07) is 3.20. The fraction of sp³-hybridized carbons (Fsp3) is 0.529. The van der Waals surface area contributed by atoms with Gasteiger partial charge in [0.2, 0.25) is 5.75 Å². The van der Waals surface area contributed by atoms with Crippen molar-refractivity contribution in [2.24, 2.45) is 0 Å². The van der Waals surface area contributed by atoms with Crippen molar-refractivity contribution in [3.63, 3.8) is 0 Å². The maximum absolute atomic E-state index is 12.3. The van der Waals surface area contributed by atoms with E-state index in [4.69, 9.17) is 18.9 Å². The number of alkyl carbamates (subject to hydrolysis) is 1. The average Bonchev–Trinajstić information content (AvgIpc) is 2.55. The minimum Gasteiger partial charge on any atom is -0.493 e. The van der Waals surface area contributed by atoms with E-state index in [0.717, 1.165) is 0 Å². The smallest absolute Gasteiger partial charge is 0.407 e. The van der Waals surface area contributed by atoms with E-state index in [1.54, 1.807) is 32.9 Å². The maximum atomic E-state index is 12.3. The SMILES string of the molecule is COc1ccc(C(=O)NCCNC(=O)OC(C)(C)C)c(OC)c1OC. The van der Waals surface area contributed by atoms with Crippen LogP contribution >= 0.6 is 0 Å². The largest absolute Gasteiger partial charge is 0.493 e. The molecular weight excluding hydrogens is 328 g/mol. The Morgan fingerprint density at radius 1 is 0.920 bits per heavy atom. The van der Waals surface area contributed by atoms with Gasteiger partial charge in [0.1, 0.15) is 5.60 Å². The van der Waals surface area contributed by atoms with Crippen LogP contribution in [0.15, 0.2) is 12.1 Å². The van der Waals surface area contributed by atoms with Gasteiger partial charge in [-0.05, 0) is 32.9 Å². The third-order valence-corrected chi connectivity index (χ3v) is 3.03. The number of nitrogens with one attached hydrogen (secondary N) is 2. The summed E-state index contributed by atoms with van der Waals surface area (Å²) in [5.41, 5.74) is -0.266. The molecule has 140 valence electrons. The lowest BCUT2D eigenvalue weighted by Crippen LogP contribution is -2.37. The molecule has 0 fully saturated rings. The van der Waals surface area contributed by atoms with Gasteiger partial charge in [0, 0.05) is 13.1 Å². The summed E-state index contributed by atoms with van der Waals surface area (Å²) in [5, 5.41) is 5.26. The molecule has 0 unspecified atom stereocenters. The van der Waals surface area contributed by atoms with Gasteiger partial charge in [-0.15, -0.1) is 0 Å². The molecule has 8 heteroatoms. The lowest BCUT2D eigenvalue weighted by Gasteiger charge is -2.19. The van der Waals surface area contributed by atoms with Gasteiger partial charge in [-0.2, -0.15) is 0 Å². The Balaban J connectivity index is 2.65. The highest BCUT2D eigenvalue weighted by molar-refractivity contribution is 5.98. The molecule has 2 N–H and O–H groups in total. The molecule has 1 aromatic rings. The lowest BCUT2D eigenvalue weighted by atomic mass is 10.1. The van der Waals surface area contributed by atoms with E-state index < -0.39 is 11.7 Å². The summed E-state index contributed by atoms with van der Waals surface area (Å²) < 4.78 is 20.8. The molecule has 25 heavy (non-hydrogen) atoms. The first-order valence-corrected chi connectivity index (χ1v) is 7.77. The van der Waals surface area contributed by atoms with Crippen LogP contribution in [0.3, 0.4) is 0 Å². The van der Waals surface area contributed by atoms with Gasteiger partial charge >= 0.3 is 6.09 Å². The summed E-state index contributed by atoms with van der Waals surface area (Å²) in [6.07, 6.45) is -0.537. The van der Waals surface area contributed by atoms with Gasteiger partial charge in [-0.3, -0.25) is 4.79 Å². The average molecular weight is 354 g/mol. The Morgan fingerprint density at radius 2 is 1.52 bits per heavy atom. The normalized spacial score (nSPS) is 10.6. The second-order valence-corrected chi connectivity index (χ2v) is 6.07. The summed E-state index contributed by atoms with van der Waals surface area (Å²) in [5.74, 6) is 0.718. The molecule has 1 aromatic carbocycles. The van der Waals surface area contributed by atoms with E-state index in [1.165, 1.54) is 21.3 Å². The Hall–Kier alpha value is -2.64. The molecule has 0 aliphatic rings. The van der Waals surface area contributed by atoms with Crippen molar-refractivity contribution in [1.82, 2.24) is 10.6 Å². The summed E-state index contributed by atoms with van der Waals surface area (Å²) in [7, 11) is 4.41. The van der Waals surface area contributed by atoms with Gasteiger partial charge in [0.25, 0.3) is 5.91 Å². The van der Waals surface area contributed by atoms with E-state index in [1.807, 2.05) is 0 Å². The van der Waals surface area contributed by atoms with Gasteiger partial charge in [-0.25, -0.2) is 4.79 Å². The predicted molar refractivity (Wildman–Crippen MR) is 92.7 cm³/mol. The molecular formula is C17H26N2O6. The molecule has 0 atom stereocenters. The number of rotatable bonds is 7. The van der Waals surface area contributed by atoms with Crippen LogP contribution in [0, 0.1) is 0 Å². The van der Waals surface area contributed by atoms with Gasteiger partial charge < -0.3 is 29.6 Å². The quantitative estimate of drug-likeness (QED) is 0.727. The minimum atomic E-state index is -0.569. The first kappa shape index (κ1) is 20.4. The zero-order valence-corrected chi connectivity index (χ0v) is 15.5. The first-order chi connectivity index (χ1) is 11.7. The molecule has 0 saturated carbocycles.